The zero-order valence-electron chi connectivity index (χ0n) is 6.97. The van der Waals surface area contributed by atoms with Crippen LogP contribution in [0.4, 0.5) is 0 Å². The summed E-state index contributed by atoms with van der Waals surface area (Å²) in [7, 11) is 0. The van der Waals surface area contributed by atoms with E-state index in [2.05, 4.69) is 10.1 Å². The van der Waals surface area contributed by atoms with Crippen molar-refractivity contribution in [2.45, 2.75) is 12.7 Å². The zero-order chi connectivity index (χ0) is 9.10. The minimum Gasteiger partial charge on any atom is -0.388 e. The Labute approximate surface area is 74.5 Å². The first-order chi connectivity index (χ1) is 6.40. The lowest BCUT2D eigenvalue weighted by Gasteiger charge is -2.19. The molecule has 2 heterocycles. The first-order valence-corrected chi connectivity index (χ1v) is 4.03. The van der Waals surface area contributed by atoms with E-state index in [1.807, 2.05) is 0 Å². The number of rotatable bonds is 2. The largest absolute Gasteiger partial charge is 0.388 e. The van der Waals surface area contributed by atoms with Gasteiger partial charge in [0.2, 0.25) is 0 Å². The van der Waals surface area contributed by atoms with Crippen LogP contribution < -0.4 is 0 Å². The molecule has 0 aromatic carbocycles. The summed E-state index contributed by atoms with van der Waals surface area (Å²) in [5, 5.41) is 12.2. The van der Waals surface area contributed by atoms with Crippen LogP contribution in [-0.4, -0.2) is 35.1 Å². The highest BCUT2D eigenvalue weighted by Crippen LogP contribution is 2.18. The summed E-state index contributed by atoms with van der Waals surface area (Å²) in [5.41, 5.74) is 0. The lowest BCUT2D eigenvalue weighted by Crippen LogP contribution is -2.22. The van der Waals surface area contributed by atoms with Gasteiger partial charge in [-0.2, -0.15) is 4.98 Å². The highest BCUT2D eigenvalue weighted by atomic mass is 16.6. The Hall–Kier alpha value is -0.980. The van der Waals surface area contributed by atoms with Crippen molar-refractivity contribution in [3.63, 3.8) is 0 Å². The molecule has 1 atom stereocenters. The number of hydrogen-bond acceptors (Lipinski definition) is 6. The third kappa shape index (κ3) is 1.85. The molecular formula is C7H10N2O4. The van der Waals surface area contributed by atoms with Crippen LogP contribution in [0.25, 0.3) is 0 Å². The molecule has 1 saturated heterocycles. The van der Waals surface area contributed by atoms with Crippen LogP contribution in [0.1, 0.15) is 17.8 Å². The number of aliphatic hydroxyl groups is 1. The summed E-state index contributed by atoms with van der Waals surface area (Å²) < 4.78 is 15.4. The summed E-state index contributed by atoms with van der Waals surface area (Å²) in [6.45, 7) is 1.32. The molecule has 72 valence electrons. The smallest absolute Gasteiger partial charge is 0.258 e. The van der Waals surface area contributed by atoms with E-state index in [0.717, 1.165) is 0 Å². The fourth-order valence-corrected chi connectivity index (χ4v) is 1.09. The maximum atomic E-state index is 8.69. The molecule has 0 amide bonds. The highest BCUT2D eigenvalue weighted by Gasteiger charge is 2.22. The average molecular weight is 186 g/mol. The molecule has 13 heavy (non-hydrogen) atoms. The fraction of sp³-hybridized carbons (Fsp3) is 0.714. The molecular weight excluding hydrogens is 176 g/mol. The van der Waals surface area contributed by atoms with E-state index < -0.39 is 0 Å². The van der Waals surface area contributed by atoms with Crippen molar-refractivity contribution in [1.29, 1.82) is 0 Å². The van der Waals surface area contributed by atoms with E-state index in [0.29, 0.717) is 25.7 Å². The van der Waals surface area contributed by atoms with Gasteiger partial charge in [-0.05, 0) is 0 Å². The standard InChI is InChI=1S/C7H10N2O4/c10-3-6-8-7(13-9-6)5-4-11-1-2-12-5/h5,10H,1-4H2. The second kappa shape index (κ2) is 3.82. The van der Waals surface area contributed by atoms with Gasteiger partial charge in [-0.25, -0.2) is 0 Å². The fourth-order valence-electron chi connectivity index (χ4n) is 1.09. The van der Waals surface area contributed by atoms with Gasteiger partial charge in [0.15, 0.2) is 11.9 Å². The predicted octanol–water partition coefficient (Wildman–Crippen LogP) is -0.350. The number of ether oxygens (including phenoxy) is 2. The van der Waals surface area contributed by atoms with E-state index in [9.17, 15) is 0 Å². The molecule has 2 rings (SSSR count). The van der Waals surface area contributed by atoms with Gasteiger partial charge in [0.25, 0.3) is 5.89 Å². The van der Waals surface area contributed by atoms with Crippen molar-refractivity contribution in [3.8, 4) is 0 Å². The number of aromatic nitrogens is 2. The molecule has 0 saturated carbocycles. The van der Waals surface area contributed by atoms with Crippen molar-refractivity contribution < 1.29 is 19.1 Å². The van der Waals surface area contributed by atoms with Gasteiger partial charge < -0.3 is 19.1 Å². The normalized spacial score (nSPS) is 23.3. The van der Waals surface area contributed by atoms with Gasteiger partial charge in [-0.15, -0.1) is 0 Å². The topological polar surface area (TPSA) is 77.6 Å². The highest BCUT2D eigenvalue weighted by molar-refractivity contribution is 4.89. The second-order valence-corrected chi connectivity index (χ2v) is 2.64. The molecule has 0 spiro atoms. The Kier molecular flexibility index (Phi) is 2.53. The molecule has 0 radical (unpaired) electrons. The Bertz CT molecular complexity index is 269. The van der Waals surface area contributed by atoms with Crippen LogP contribution in [0.2, 0.25) is 0 Å². The van der Waals surface area contributed by atoms with E-state index in [4.69, 9.17) is 19.1 Å². The Morgan fingerprint density at radius 1 is 1.46 bits per heavy atom. The van der Waals surface area contributed by atoms with Crippen molar-refractivity contribution >= 4 is 0 Å². The number of nitrogens with zero attached hydrogens (tertiary/aromatic N) is 2. The zero-order valence-corrected chi connectivity index (χ0v) is 6.97. The minimum absolute atomic E-state index is 0.225. The van der Waals surface area contributed by atoms with Crippen molar-refractivity contribution in [2.75, 3.05) is 19.8 Å². The SMILES string of the molecule is OCc1noc(C2COCCO2)n1. The summed E-state index contributed by atoms with van der Waals surface area (Å²) in [5.74, 6) is 0.632. The summed E-state index contributed by atoms with van der Waals surface area (Å²) in [6, 6.07) is 0. The average Bonchev–Trinajstić information content (AvgIpc) is 2.67. The van der Waals surface area contributed by atoms with E-state index in [1.165, 1.54) is 0 Å². The third-order valence-electron chi connectivity index (χ3n) is 1.72. The van der Waals surface area contributed by atoms with Gasteiger partial charge in [0, 0.05) is 0 Å². The molecule has 1 unspecified atom stereocenters. The van der Waals surface area contributed by atoms with Gasteiger partial charge in [-0.3, -0.25) is 0 Å². The Morgan fingerprint density at radius 2 is 2.38 bits per heavy atom. The van der Waals surface area contributed by atoms with Crippen LogP contribution in [0.5, 0.6) is 0 Å². The van der Waals surface area contributed by atoms with E-state index in [-0.39, 0.29) is 18.5 Å². The molecule has 6 nitrogen and oxygen atoms in total. The lowest BCUT2D eigenvalue weighted by molar-refractivity contribution is -0.101. The molecule has 1 aromatic rings. The van der Waals surface area contributed by atoms with Crippen molar-refractivity contribution in [3.05, 3.63) is 11.7 Å². The van der Waals surface area contributed by atoms with Crippen LogP contribution in [-0.2, 0) is 16.1 Å². The summed E-state index contributed by atoms with van der Waals surface area (Å²) >= 11 is 0. The van der Waals surface area contributed by atoms with Crippen molar-refractivity contribution in [2.24, 2.45) is 0 Å². The number of hydrogen-bond donors (Lipinski definition) is 1. The molecule has 1 aliphatic heterocycles. The van der Waals surface area contributed by atoms with Gasteiger partial charge in [-0.1, -0.05) is 5.16 Å². The van der Waals surface area contributed by atoms with Crippen LogP contribution in [0.3, 0.4) is 0 Å². The Morgan fingerprint density at radius 3 is 3.00 bits per heavy atom. The third-order valence-corrected chi connectivity index (χ3v) is 1.72. The summed E-state index contributed by atoms with van der Waals surface area (Å²) in [6.07, 6.45) is -0.290. The monoisotopic (exact) mass is 186 g/mol. The predicted molar refractivity (Wildman–Crippen MR) is 39.7 cm³/mol. The quantitative estimate of drug-likeness (QED) is 0.680. The molecule has 1 N–H and O–H groups in total. The lowest BCUT2D eigenvalue weighted by atomic mass is 10.3. The van der Waals surface area contributed by atoms with Crippen LogP contribution >= 0.6 is 0 Å². The maximum Gasteiger partial charge on any atom is 0.258 e. The van der Waals surface area contributed by atoms with E-state index in [1.54, 1.807) is 0 Å². The second-order valence-electron chi connectivity index (χ2n) is 2.64. The molecule has 0 aliphatic carbocycles. The molecule has 0 bridgehead atoms. The van der Waals surface area contributed by atoms with Crippen molar-refractivity contribution in [1.82, 2.24) is 10.1 Å². The van der Waals surface area contributed by atoms with Crippen LogP contribution in [0, 0.1) is 0 Å². The van der Waals surface area contributed by atoms with Gasteiger partial charge in [0.05, 0.1) is 19.8 Å². The van der Waals surface area contributed by atoms with Gasteiger partial charge in [0.1, 0.15) is 6.61 Å². The molecule has 6 heteroatoms. The minimum atomic E-state index is -0.290. The molecule has 1 aromatic heterocycles. The summed E-state index contributed by atoms with van der Waals surface area (Å²) in [4.78, 5) is 3.92. The maximum absolute atomic E-state index is 8.69. The van der Waals surface area contributed by atoms with E-state index >= 15 is 0 Å². The first-order valence-electron chi connectivity index (χ1n) is 4.03. The molecule has 1 aliphatic rings. The number of aliphatic hydroxyl groups excluding tert-OH is 1. The Balaban J connectivity index is 2.05. The van der Waals surface area contributed by atoms with Crippen LogP contribution in [0.15, 0.2) is 4.52 Å². The van der Waals surface area contributed by atoms with Gasteiger partial charge >= 0.3 is 0 Å². The first kappa shape index (κ1) is 8.61. The molecule has 1 fully saturated rings.